The van der Waals surface area contributed by atoms with Crippen molar-refractivity contribution in [2.24, 2.45) is 0 Å². The van der Waals surface area contributed by atoms with Crippen molar-refractivity contribution in [3.63, 3.8) is 0 Å². The number of nitrogens with zero attached hydrogens (tertiary/aromatic N) is 2. The first-order valence-electron chi connectivity index (χ1n) is 5.84. The van der Waals surface area contributed by atoms with Crippen LogP contribution in [0.15, 0.2) is 35.6 Å². The van der Waals surface area contributed by atoms with Gasteiger partial charge in [0.1, 0.15) is 11.6 Å². The molecule has 0 aliphatic carbocycles. The van der Waals surface area contributed by atoms with Gasteiger partial charge in [-0.3, -0.25) is 4.79 Å². The zero-order chi connectivity index (χ0) is 14.7. The van der Waals surface area contributed by atoms with Gasteiger partial charge < -0.3 is 10.3 Å². The highest BCUT2D eigenvalue weighted by molar-refractivity contribution is 7.91. The van der Waals surface area contributed by atoms with Crippen LogP contribution < -0.4 is 5.73 Å². The summed E-state index contributed by atoms with van der Waals surface area (Å²) in [5, 5.41) is 0.678. The molecule has 5 nitrogen and oxygen atoms in total. The number of aromatic nitrogens is 2. The fraction of sp³-hybridized carbons (Fsp3) is 0.154. The molecule has 20 heavy (non-hydrogen) atoms. The second-order valence-electron chi connectivity index (χ2n) is 3.92. The average molecular weight is 310 g/mol. The van der Waals surface area contributed by atoms with Crippen LogP contribution in [0.2, 0.25) is 5.02 Å². The van der Waals surface area contributed by atoms with Gasteiger partial charge in [0, 0.05) is 28.0 Å². The lowest BCUT2D eigenvalue weighted by Gasteiger charge is -2.08. The number of carbonyl (C=O) groups excluding carboxylic acids is 1. The van der Waals surface area contributed by atoms with E-state index in [0.29, 0.717) is 16.3 Å². The van der Waals surface area contributed by atoms with E-state index in [4.69, 9.17) is 17.3 Å². The Balaban J connectivity index is 2.33. The minimum atomic E-state index is -1.30. The maximum atomic E-state index is 12.3. The number of hydrogen-bond donors (Lipinski definition) is 1. The predicted molar refractivity (Wildman–Crippen MR) is 78.3 cm³/mol. The van der Waals surface area contributed by atoms with E-state index >= 15 is 0 Å². The number of hydrogen-bond acceptors (Lipinski definition) is 5. The molecule has 7 heteroatoms. The normalized spacial score (nSPS) is 12.2. The quantitative estimate of drug-likeness (QED) is 0.530. The monoisotopic (exact) mass is 309 g/mol. The SMILES string of the molecule is CC[S+]([O-])c1ncc(C(=O)c2ccc(Cl)cc2)c(N)n1. The zero-order valence-corrected chi connectivity index (χ0v) is 12.2. The number of nitrogens with two attached hydrogens (primary N) is 1. The fourth-order valence-corrected chi connectivity index (χ4v) is 2.30. The molecule has 0 fully saturated rings. The Morgan fingerprint density at radius 2 is 2.05 bits per heavy atom. The van der Waals surface area contributed by atoms with E-state index in [-0.39, 0.29) is 22.3 Å². The Morgan fingerprint density at radius 3 is 2.60 bits per heavy atom. The largest absolute Gasteiger partial charge is 0.609 e. The number of carbonyl (C=O) groups is 1. The second-order valence-corrected chi connectivity index (χ2v) is 5.99. The number of benzene rings is 1. The summed E-state index contributed by atoms with van der Waals surface area (Å²) in [6, 6.07) is 6.43. The molecule has 2 aromatic rings. The Kier molecular flexibility index (Phi) is 4.59. The fourth-order valence-electron chi connectivity index (χ4n) is 1.55. The van der Waals surface area contributed by atoms with Crippen molar-refractivity contribution >= 4 is 34.4 Å². The minimum absolute atomic E-state index is 0.0248. The Bertz CT molecular complexity index is 634. The molecule has 1 aromatic carbocycles. The van der Waals surface area contributed by atoms with Gasteiger partial charge in [-0.1, -0.05) is 11.6 Å². The molecule has 0 radical (unpaired) electrons. The van der Waals surface area contributed by atoms with Crippen LogP contribution in [0.5, 0.6) is 0 Å². The molecular formula is C13H12ClN3O2S. The van der Waals surface area contributed by atoms with Gasteiger partial charge in [-0.15, -0.1) is 0 Å². The summed E-state index contributed by atoms with van der Waals surface area (Å²) in [6.07, 6.45) is 1.31. The summed E-state index contributed by atoms with van der Waals surface area (Å²) in [6.45, 7) is 1.75. The first-order valence-corrected chi connectivity index (χ1v) is 7.53. The second kappa shape index (κ2) is 6.21. The third-order valence-corrected chi connectivity index (χ3v) is 3.99. The lowest BCUT2D eigenvalue weighted by Crippen LogP contribution is -2.14. The Morgan fingerprint density at radius 1 is 1.40 bits per heavy atom. The van der Waals surface area contributed by atoms with E-state index in [1.807, 2.05) is 0 Å². The Hall–Kier alpha value is -1.63. The number of nitrogen functional groups attached to an aromatic ring is 1. The van der Waals surface area contributed by atoms with Gasteiger partial charge >= 0.3 is 5.16 Å². The highest BCUT2D eigenvalue weighted by Gasteiger charge is 2.19. The molecule has 104 valence electrons. The number of anilines is 1. The van der Waals surface area contributed by atoms with Crippen molar-refractivity contribution < 1.29 is 9.35 Å². The highest BCUT2D eigenvalue weighted by Crippen LogP contribution is 2.18. The summed E-state index contributed by atoms with van der Waals surface area (Å²) >= 11 is 4.47. The summed E-state index contributed by atoms with van der Waals surface area (Å²) < 4.78 is 11.6. The standard InChI is InChI=1S/C13H12ClN3O2S/c1-2-20(19)13-16-7-10(12(15)17-13)11(18)8-3-5-9(14)6-4-8/h3-7H,2H2,1H3,(H2,15,16,17). The van der Waals surface area contributed by atoms with Crippen LogP contribution in [0, 0.1) is 0 Å². The van der Waals surface area contributed by atoms with E-state index in [1.54, 1.807) is 31.2 Å². The van der Waals surface area contributed by atoms with Gasteiger partial charge in [0.2, 0.25) is 0 Å². The molecule has 2 rings (SSSR count). The third-order valence-electron chi connectivity index (χ3n) is 2.61. The molecule has 0 bridgehead atoms. The van der Waals surface area contributed by atoms with Crippen LogP contribution in [-0.4, -0.2) is 26.1 Å². The topological polar surface area (TPSA) is 91.9 Å². The summed E-state index contributed by atoms with van der Waals surface area (Å²) in [5.41, 5.74) is 6.37. The zero-order valence-electron chi connectivity index (χ0n) is 10.7. The molecule has 0 aliphatic rings. The summed E-state index contributed by atoms with van der Waals surface area (Å²) in [4.78, 5) is 20.1. The van der Waals surface area contributed by atoms with Crippen molar-refractivity contribution in [3.05, 3.63) is 46.6 Å². The van der Waals surface area contributed by atoms with Crippen molar-refractivity contribution in [3.8, 4) is 0 Å². The van der Waals surface area contributed by atoms with E-state index in [9.17, 15) is 9.35 Å². The number of ketones is 1. The van der Waals surface area contributed by atoms with Crippen molar-refractivity contribution in [1.29, 1.82) is 0 Å². The molecule has 1 unspecified atom stereocenters. The molecule has 1 aromatic heterocycles. The maximum absolute atomic E-state index is 12.3. The number of rotatable bonds is 4. The molecule has 0 saturated heterocycles. The smallest absolute Gasteiger partial charge is 0.344 e. The lowest BCUT2D eigenvalue weighted by molar-refractivity contribution is 0.103. The van der Waals surface area contributed by atoms with Gasteiger partial charge in [-0.25, -0.2) is 0 Å². The van der Waals surface area contributed by atoms with Crippen LogP contribution in [0.1, 0.15) is 22.8 Å². The average Bonchev–Trinajstić information content (AvgIpc) is 2.46. The predicted octanol–water partition coefficient (Wildman–Crippen LogP) is 2.07. The van der Waals surface area contributed by atoms with E-state index in [1.165, 1.54) is 6.20 Å². The van der Waals surface area contributed by atoms with Crippen LogP contribution >= 0.6 is 11.6 Å². The van der Waals surface area contributed by atoms with Crippen molar-refractivity contribution in [2.75, 3.05) is 11.5 Å². The van der Waals surface area contributed by atoms with Crippen LogP contribution in [0.25, 0.3) is 0 Å². The molecule has 1 atom stereocenters. The minimum Gasteiger partial charge on any atom is -0.609 e. The summed E-state index contributed by atoms with van der Waals surface area (Å²) in [5.74, 6) is 0.119. The maximum Gasteiger partial charge on any atom is 0.344 e. The van der Waals surface area contributed by atoms with E-state index < -0.39 is 11.2 Å². The van der Waals surface area contributed by atoms with Gasteiger partial charge in [0.05, 0.1) is 5.56 Å². The molecule has 2 N–H and O–H groups in total. The third kappa shape index (κ3) is 3.09. The molecule has 0 amide bonds. The van der Waals surface area contributed by atoms with Crippen LogP contribution in [0.3, 0.4) is 0 Å². The van der Waals surface area contributed by atoms with Crippen LogP contribution in [-0.2, 0) is 11.2 Å². The summed E-state index contributed by atoms with van der Waals surface area (Å²) in [7, 11) is 0. The lowest BCUT2D eigenvalue weighted by atomic mass is 10.1. The van der Waals surface area contributed by atoms with Crippen molar-refractivity contribution in [1.82, 2.24) is 9.97 Å². The van der Waals surface area contributed by atoms with Gasteiger partial charge in [-0.2, -0.15) is 9.97 Å². The van der Waals surface area contributed by atoms with Gasteiger partial charge in [-0.05, 0) is 31.2 Å². The van der Waals surface area contributed by atoms with Gasteiger partial charge in [0.25, 0.3) is 0 Å². The highest BCUT2D eigenvalue weighted by atomic mass is 35.5. The van der Waals surface area contributed by atoms with E-state index in [0.717, 1.165) is 0 Å². The molecule has 1 heterocycles. The van der Waals surface area contributed by atoms with Crippen molar-refractivity contribution in [2.45, 2.75) is 12.1 Å². The first-order chi connectivity index (χ1) is 9.52. The molecule has 0 aliphatic heterocycles. The number of halogens is 1. The molecule has 0 spiro atoms. The molecule has 0 saturated carbocycles. The van der Waals surface area contributed by atoms with E-state index in [2.05, 4.69) is 9.97 Å². The van der Waals surface area contributed by atoms with Crippen LogP contribution in [0.4, 0.5) is 5.82 Å². The van der Waals surface area contributed by atoms with Gasteiger partial charge in [0.15, 0.2) is 5.78 Å². The first kappa shape index (κ1) is 14.8. The molecular weight excluding hydrogens is 298 g/mol. The Labute approximate surface area is 124 Å².